The van der Waals surface area contributed by atoms with Gasteiger partial charge in [0, 0.05) is 17.6 Å². The summed E-state index contributed by atoms with van der Waals surface area (Å²) in [6, 6.07) is 5.90. The Kier molecular flexibility index (Phi) is 2.64. The van der Waals surface area contributed by atoms with Crippen molar-refractivity contribution in [3.05, 3.63) is 30.0 Å². The second kappa shape index (κ2) is 3.96. The Hall–Kier alpha value is -1.84. The third-order valence-electron chi connectivity index (χ3n) is 2.47. The molecule has 0 fully saturated rings. The van der Waals surface area contributed by atoms with Gasteiger partial charge in [0.1, 0.15) is 0 Å². The molecule has 4 nitrogen and oxygen atoms in total. The summed E-state index contributed by atoms with van der Waals surface area (Å²) in [5.41, 5.74) is 1.64. The minimum Gasteiger partial charge on any atom is -0.481 e. The highest BCUT2D eigenvalue weighted by molar-refractivity contribution is 5.80. The Labute approximate surface area is 93.5 Å². The quantitative estimate of drug-likeness (QED) is 0.859. The maximum absolute atomic E-state index is 10.6. The van der Waals surface area contributed by atoms with Crippen LogP contribution < -0.4 is 0 Å². The van der Waals surface area contributed by atoms with E-state index in [9.17, 15) is 4.79 Å². The van der Waals surface area contributed by atoms with Crippen LogP contribution in [0.4, 0.5) is 0 Å². The Bertz CT molecular complexity index is 529. The van der Waals surface area contributed by atoms with Crippen molar-refractivity contribution in [1.29, 1.82) is 0 Å². The van der Waals surface area contributed by atoms with Crippen molar-refractivity contribution in [2.75, 3.05) is 0 Å². The van der Waals surface area contributed by atoms with Gasteiger partial charge >= 0.3 is 5.97 Å². The van der Waals surface area contributed by atoms with Crippen molar-refractivity contribution in [1.82, 2.24) is 9.78 Å². The van der Waals surface area contributed by atoms with Crippen molar-refractivity contribution in [2.24, 2.45) is 0 Å². The van der Waals surface area contributed by atoms with Crippen molar-refractivity contribution < 1.29 is 9.90 Å². The van der Waals surface area contributed by atoms with Gasteiger partial charge in [-0.25, -0.2) is 0 Å². The molecule has 0 unspecified atom stereocenters. The first-order chi connectivity index (χ1) is 7.56. The summed E-state index contributed by atoms with van der Waals surface area (Å²) in [6.07, 6.45) is 2.02. The van der Waals surface area contributed by atoms with Crippen LogP contribution in [-0.4, -0.2) is 20.9 Å². The molecule has 0 aliphatic carbocycles. The van der Waals surface area contributed by atoms with Gasteiger partial charge < -0.3 is 5.11 Å². The first-order valence-corrected chi connectivity index (χ1v) is 5.26. The van der Waals surface area contributed by atoms with E-state index in [4.69, 9.17) is 5.11 Å². The molecule has 1 heterocycles. The van der Waals surface area contributed by atoms with Crippen LogP contribution in [0.5, 0.6) is 0 Å². The van der Waals surface area contributed by atoms with E-state index in [1.807, 2.05) is 29.1 Å². The second-order valence-corrected chi connectivity index (χ2v) is 4.17. The van der Waals surface area contributed by atoms with E-state index in [2.05, 4.69) is 18.9 Å². The van der Waals surface area contributed by atoms with Crippen LogP contribution in [0.2, 0.25) is 0 Å². The number of hydrogen-bond donors (Lipinski definition) is 1. The van der Waals surface area contributed by atoms with Crippen LogP contribution in [0.25, 0.3) is 10.9 Å². The number of fused-ring (bicyclic) bond motifs is 1. The van der Waals surface area contributed by atoms with Crippen molar-refractivity contribution in [2.45, 2.75) is 26.3 Å². The molecule has 0 saturated carbocycles. The summed E-state index contributed by atoms with van der Waals surface area (Å²) in [4.78, 5) is 10.6. The number of aromatic nitrogens is 2. The first kappa shape index (κ1) is 10.7. The van der Waals surface area contributed by atoms with Crippen molar-refractivity contribution >= 4 is 16.9 Å². The van der Waals surface area contributed by atoms with Crippen LogP contribution in [-0.2, 0) is 11.2 Å². The highest BCUT2D eigenvalue weighted by atomic mass is 16.4. The van der Waals surface area contributed by atoms with Gasteiger partial charge in [0.05, 0.1) is 11.9 Å². The van der Waals surface area contributed by atoms with Crippen LogP contribution in [0.15, 0.2) is 24.4 Å². The number of benzene rings is 1. The Morgan fingerprint density at radius 3 is 2.88 bits per heavy atom. The molecule has 1 N–H and O–H groups in total. The zero-order valence-electron chi connectivity index (χ0n) is 9.34. The Morgan fingerprint density at radius 1 is 1.50 bits per heavy atom. The fraction of sp³-hybridized carbons (Fsp3) is 0.333. The molecule has 1 aromatic carbocycles. The van der Waals surface area contributed by atoms with Gasteiger partial charge in [0.25, 0.3) is 0 Å². The molecule has 0 atom stereocenters. The van der Waals surface area contributed by atoms with Gasteiger partial charge in [-0.3, -0.25) is 9.48 Å². The molecule has 0 bridgehead atoms. The van der Waals surface area contributed by atoms with Crippen LogP contribution in [0.3, 0.4) is 0 Å². The summed E-state index contributed by atoms with van der Waals surface area (Å²) < 4.78 is 1.88. The monoisotopic (exact) mass is 218 g/mol. The van der Waals surface area contributed by atoms with Gasteiger partial charge in [0.15, 0.2) is 0 Å². The van der Waals surface area contributed by atoms with E-state index in [-0.39, 0.29) is 6.42 Å². The smallest absolute Gasteiger partial charge is 0.307 e. The average Bonchev–Trinajstić information content (AvgIpc) is 2.59. The standard InChI is InChI=1S/C12H14N2O2/c1-8(2)14-7-10-4-3-9(6-12(15)16)5-11(10)13-14/h3-5,7-8H,6H2,1-2H3,(H,15,16). The molecule has 0 spiro atoms. The van der Waals surface area contributed by atoms with Crippen molar-refractivity contribution in [3.63, 3.8) is 0 Å². The lowest BCUT2D eigenvalue weighted by atomic mass is 10.1. The van der Waals surface area contributed by atoms with E-state index in [1.165, 1.54) is 0 Å². The maximum atomic E-state index is 10.6. The molecule has 0 amide bonds. The summed E-state index contributed by atoms with van der Waals surface area (Å²) >= 11 is 0. The molecular formula is C12H14N2O2. The molecule has 0 radical (unpaired) electrons. The topological polar surface area (TPSA) is 55.1 Å². The molecule has 16 heavy (non-hydrogen) atoms. The normalized spacial score (nSPS) is 11.2. The predicted molar refractivity (Wildman–Crippen MR) is 61.5 cm³/mol. The third kappa shape index (κ3) is 2.05. The lowest BCUT2D eigenvalue weighted by molar-refractivity contribution is -0.136. The van der Waals surface area contributed by atoms with Crippen LogP contribution in [0, 0.1) is 0 Å². The number of aliphatic carboxylic acids is 1. The van der Waals surface area contributed by atoms with E-state index < -0.39 is 5.97 Å². The van der Waals surface area contributed by atoms with E-state index in [0.717, 1.165) is 16.5 Å². The molecule has 0 aliphatic heterocycles. The minimum atomic E-state index is -0.817. The molecule has 0 aliphatic rings. The number of carboxylic acid groups (broad SMARTS) is 1. The minimum absolute atomic E-state index is 0.0461. The maximum Gasteiger partial charge on any atom is 0.307 e. The summed E-state index contributed by atoms with van der Waals surface area (Å²) in [6.45, 7) is 4.12. The first-order valence-electron chi connectivity index (χ1n) is 5.26. The molecule has 2 aromatic rings. The lowest BCUT2D eigenvalue weighted by Gasteiger charge is -2.02. The molecule has 2 rings (SSSR count). The van der Waals surface area contributed by atoms with Gasteiger partial charge in [-0.2, -0.15) is 5.10 Å². The largest absolute Gasteiger partial charge is 0.481 e. The summed E-state index contributed by atoms with van der Waals surface area (Å²) in [5, 5.41) is 14.2. The number of hydrogen-bond acceptors (Lipinski definition) is 2. The Morgan fingerprint density at radius 2 is 2.25 bits per heavy atom. The number of carbonyl (C=O) groups is 1. The van der Waals surface area contributed by atoms with Crippen molar-refractivity contribution in [3.8, 4) is 0 Å². The summed E-state index contributed by atoms with van der Waals surface area (Å²) in [5.74, 6) is -0.817. The molecule has 84 valence electrons. The average molecular weight is 218 g/mol. The highest BCUT2D eigenvalue weighted by Gasteiger charge is 2.06. The van der Waals surface area contributed by atoms with E-state index >= 15 is 0 Å². The molecule has 1 aromatic heterocycles. The second-order valence-electron chi connectivity index (χ2n) is 4.17. The zero-order valence-corrected chi connectivity index (χ0v) is 9.34. The zero-order chi connectivity index (χ0) is 11.7. The van der Waals surface area contributed by atoms with Gasteiger partial charge in [0.2, 0.25) is 0 Å². The Balaban J connectivity index is 2.41. The van der Waals surface area contributed by atoms with Crippen LogP contribution >= 0.6 is 0 Å². The molecular weight excluding hydrogens is 204 g/mol. The number of rotatable bonds is 3. The van der Waals surface area contributed by atoms with Gasteiger partial charge in [-0.05, 0) is 25.5 Å². The van der Waals surface area contributed by atoms with E-state index in [0.29, 0.717) is 6.04 Å². The third-order valence-corrected chi connectivity index (χ3v) is 2.47. The van der Waals surface area contributed by atoms with Gasteiger partial charge in [-0.1, -0.05) is 12.1 Å². The lowest BCUT2D eigenvalue weighted by Crippen LogP contribution is -2.00. The fourth-order valence-electron chi connectivity index (χ4n) is 1.63. The van der Waals surface area contributed by atoms with E-state index in [1.54, 1.807) is 0 Å². The number of nitrogens with zero attached hydrogens (tertiary/aromatic N) is 2. The SMILES string of the molecule is CC(C)n1cc2ccc(CC(=O)O)cc2n1. The molecule has 4 heteroatoms. The highest BCUT2D eigenvalue weighted by Crippen LogP contribution is 2.17. The fourth-order valence-corrected chi connectivity index (χ4v) is 1.63. The summed E-state index contributed by atoms with van der Waals surface area (Å²) in [7, 11) is 0. The van der Waals surface area contributed by atoms with Gasteiger partial charge in [-0.15, -0.1) is 0 Å². The number of carboxylic acids is 1. The molecule has 0 saturated heterocycles. The predicted octanol–water partition coefficient (Wildman–Crippen LogP) is 2.24. The van der Waals surface area contributed by atoms with Crippen LogP contribution in [0.1, 0.15) is 25.5 Å².